The first-order valence-electron chi connectivity index (χ1n) is 4.74. The number of hydrogen-bond acceptors (Lipinski definition) is 4. The number of alkyl halides is 1. The van der Waals surface area contributed by atoms with Crippen LogP contribution in [0.4, 0.5) is 0 Å². The van der Waals surface area contributed by atoms with Crippen molar-refractivity contribution in [1.82, 2.24) is 20.2 Å². The molecule has 0 aromatic carbocycles. The topological polar surface area (TPSA) is 60.7 Å². The minimum atomic E-state index is -0.804. The first-order chi connectivity index (χ1) is 7.02. The molecule has 0 radical (unpaired) electrons. The molecular weight excluding hydrogens is 236 g/mol. The van der Waals surface area contributed by atoms with Gasteiger partial charge in [-0.05, 0) is 23.8 Å². The van der Waals surface area contributed by atoms with E-state index in [1.165, 1.54) is 0 Å². The maximum absolute atomic E-state index is 11.1. The summed E-state index contributed by atoms with van der Waals surface area (Å²) in [6, 6.07) is 0. The summed E-state index contributed by atoms with van der Waals surface area (Å²) in [6.45, 7) is 4.43. The van der Waals surface area contributed by atoms with E-state index in [4.69, 9.17) is 11.6 Å². The molecule has 5 nitrogen and oxygen atoms in total. The predicted molar refractivity (Wildman–Crippen MR) is 60.2 cm³/mol. The summed E-state index contributed by atoms with van der Waals surface area (Å²) in [7, 11) is -0.804. The number of aromatic nitrogens is 4. The van der Waals surface area contributed by atoms with E-state index in [9.17, 15) is 4.21 Å². The molecule has 86 valence electrons. The average Bonchev–Trinajstić information content (AvgIpc) is 2.61. The molecule has 0 aliphatic rings. The van der Waals surface area contributed by atoms with Gasteiger partial charge in [-0.1, -0.05) is 6.92 Å². The Labute approximate surface area is 96.6 Å². The highest BCUT2D eigenvalue weighted by atomic mass is 35.5. The summed E-state index contributed by atoms with van der Waals surface area (Å²) in [5, 5.41) is 11.2. The fourth-order valence-electron chi connectivity index (χ4n) is 1.13. The zero-order chi connectivity index (χ0) is 11.4. The van der Waals surface area contributed by atoms with Crippen LogP contribution in [0.3, 0.4) is 0 Å². The maximum Gasteiger partial charge on any atom is 0.168 e. The molecule has 3 unspecified atom stereocenters. The SMILES string of the molecule is CC(Cl)c1nnnn1CCC(C)S(C)=O. The number of halogens is 1. The smallest absolute Gasteiger partial charge is 0.168 e. The molecule has 7 heteroatoms. The van der Waals surface area contributed by atoms with Gasteiger partial charge in [-0.15, -0.1) is 16.7 Å². The Kier molecular flexibility index (Phi) is 4.66. The molecule has 1 heterocycles. The second-order valence-corrected chi connectivity index (χ2v) is 5.93. The summed E-state index contributed by atoms with van der Waals surface area (Å²) in [4.78, 5) is 0. The van der Waals surface area contributed by atoms with Crippen LogP contribution in [0, 0.1) is 0 Å². The fraction of sp³-hybridized carbons (Fsp3) is 0.875. The van der Waals surface area contributed by atoms with E-state index in [1.54, 1.807) is 10.9 Å². The zero-order valence-electron chi connectivity index (χ0n) is 9.05. The highest BCUT2D eigenvalue weighted by molar-refractivity contribution is 7.84. The minimum Gasteiger partial charge on any atom is -0.260 e. The molecule has 1 rings (SSSR count). The number of aryl methyl sites for hydroxylation is 1. The first-order valence-corrected chi connectivity index (χ1v) is 6.80. The molecule has 0 amide bonds. The Hall–Kier alpha value is -0.490. The molecule has 15 heavy (non-hydrogen) atoms. The lowest BCUT2D eigenvalue weighted by atomic mass is 10.3. The molecule has 0 N–H and O–H groups in total. The van der Waals surface area contributed by atoms with Crippen LogP contribution in [0.2, 0.25) is 0 Å². The van der Waals surface area contributed by atoms with Crippen LogP contribution in [0.15, 0.2) is 0 Å². The minimum absolute atomic E-state index is 0.146. The zero-order valence-corrected chi connectivity index (χ0v) is 10.6. The van der Waals surface area contributed by atoms with E-state index >= 15 is 0 Å². The Morgan fingerprint density at radius 1 is 1.53 bits per heavy atom. The van der Waals surface area contributed by atoms with Gasteiger partial charge >= 0.3 is 0 Å². The van der Waals surface area contributed by atoms with Crippen molar-refractivity contribution in [2.24, 2.45) is 0 Å². The quantitative estimate of drug-likeness (QED) is 0.735. The summed E-state index contributed by atoms with van der Waals surface area (Å²) >= 11 is 5.90. The molecule has 3 atom stereocenters. The Morgan fingerprint density at radius 2 is 2.20 bits per heavy atom. The molecule has 0 aliphatic heterocycles. The predicted octanol–water partition coefficient (Wildman–Crippen LogP) is 1.13. The molecule has 0 saturated heterocycles. The number of rotatable bonds is 5. The molecule has 0 saturated carbocycles. The van der Waals surface area contributed by atoms with Gasteiger partial charge in [0.2, 0.25) is 0 Å². The number of hydrogen-bond donors (Lipinski definition) is 0. The lowest BCUT2D eigenvalue weighted by Gasteiger charge is -2.09. The summed E-state index contributed by atoms with van der Waals surface area (Å²) in [6.07, 6.45) is 2.49. The average molecular weight is 251 g/mol. The highest BCUT2D eigenvalue weighted by Gasteiger charge is 2.13. The van der Waals surface area contributed by atoms with Gasteiger partial charge in [0, 0.05) is 28.9 Å². The molecule has 0 aliphatic carbocycles. The molecule has 0 spiro atoms. The summed E-state index contributed by atoms with van der Waals surface area (Å²) in [5.74, 6) is 0.658. The number of tetrazole rings is 1. The Morgan fingerprint density at radius 3 is 2.73 bits per heavy atom. The Balaban J connectivity index is 2.57. The third-order valence-electron chi connectivity index (χ3n) is 2.23. The van der Waals surface area contributed by atoms with Crippen LogP contribution in [0.5, 0.6) is 0 Å². The van der Waals surface area contributed by atoms with Crippen LogP contribution < -0.4 is 0 Å². The van der Waals surface area contributed by atoms with E-state index in [0.29, 0.717) is 12.4 Å². The largest absolute Gasteiger partial charge is 0.260 e. The van der Waals surface area contributed by atoms with E-state index < -0.39 is 10.8 Å². The van der Waals surface area contributed by atoms with Crippen molar-refractivity contribution in [3.63, 3.8) is 0 Å². The number of nitrogens with zero attached hydrogens (tertiary/aromatic N) is 4. The van der Waals surface area contributed by atoms with Crippen LogP contribution in [-0.4, -0.2) is 35.9 Å². The van der Waals surface area contributed by atoms with Gasteiger partial charge in [0.05, 0.1) is 5.38 Å². The molecular formula is C8H15ClN4OS. The van der Waals surface area contributed by atoms with E-state index in [1.807, 2.05) is 13.8 Å². The van der Waals surface area contributed by atoms with Gasteiger partial charge in [0.15, 0.2) is 5.82 Å². The standard InChI is InChI=1S/C8H15ClN4OS/c1-6(15(3)14)4-5-13-8(7(2)9)10-11-12-13/h6-7H,4-5H2,1-3H3. The van der Waals surface area contributed by atoms with E-state index in [-0.39, 0.29) is 10.6 Å². The van der Waals surface area contributed by atoms with Crippen molar-refractivity contribution in [2.45, 2.75) is 37.4 Å². The van der Waals surface area contributed by atoms with Gasteiger partial charge in [-0.2, -0.15) is 0 Å². The van der Waals surface area contributed by atoms with E-state index in [2.05, 4.69) is 15.5 Å². The summed E-state index contributed by atoms with van der Waals surface area (Å²) in [5.41, 5.74) is 0. The van der Waals surface area contributed by atoms with Crippen LogP contribution in [-0.2, 0) is 17.3 Å². The first kappa shape index (κ1) is 12.6. The van der Waals surface area contributed by atoms with Crippen molar-refractivity contribution in [2.75, 3.05) is 6.26 Å². The van der Waals surface area contributed by atoms with Gasteiger partial charge in [0.25, 0.3) is 0 Å². The van der Waals surface area contributed by atoms with Gasteiger partial charge < -0.3 is 0 Å². The second kappa shape index (κ2) is 5.55. The van der Waals surface area contributed by atoms with Crippen molar-refractivity contribution in [1.29, 1.82) is 0 Å². The normalized spacial score (nSPS) is 17.3. The monoisotopic (exact) mass is 250 g/mol. The molecule has 0 fully saturated rings. The van der Waals surface area contributed by atoms with Crippen LogP contribution in [0.25, 0.3) is 0 Å². The van der Waals surface area contributed by atoms with Crippen molar-refractivity contribution in [3.05, 3.63) is 5.82 Å². The van der Waals surface area contributed by atoms with Crippen molar-refractivity contribution in [3.8, 4) is 0 Å². The van der Waals surface area contributed by atoms with E-state index in [0.717, 1.165) is 6.42 Å². The van der Waals surface area contributed by atoms with Gasteiger partial charge in [0.1, 0.15) is 0 Å². The third-order valence-corrected chi connectivity index (χ3v) is 3.79. The lowest BCUT2D eigenvalue weighted by Crippen LogP contribution is -2.15. The fourth-order valence-corrected chi connectivity index (χ4v) is 1.72. The van der Waals surface area contributed by atoms with Crippen molar-refractivity contribution >= 4 is 22.4 Å². The van der Waals surface area contributed by atoms with Gasteiger partial charge in [-0.3, -0.25) is 4.21 Å². The van der Waals surface area contributed by atoms with Gasteiger partial charge in [-0.25, -0.2) is 4.68 Å². The maximum atomic E-state index is 11.1. The third kappa shape index (κ3) is 3.53. The Bertz CT molecular complexity index is 341. The van der Waals surface area contributed by atoms with Crippen LogP contribution >= 0.6 is 11.6 Å². The highest BCUT2D eigenvalue weighted by Crippen LogP contribution is 2.15. The van der Waals surface area contributed by atoms with Crippen LogP contribution in [0.1, 0.15) is 31.5 Å². The van der Waals surface area contributed by atoms with Crippen molar-refractivity contribution < 1.29 is 4.21 Å². The lowest BCUT2D eigenvalue weighted by molar-refractivity contribution is 0.532. The molecule has 0 bridgehead atoms. The molecule has 1 aromatic heterocycles. The molecule has 1 aromatic rings. The summed E-state index contributed by atoms with van der Waals surface area (Å²) < 4.78 is 12.8. The second-order valence-electron chi connectivity index (χ2n) is 3.47.